The Bertz CT molecular complexity index is 2590. The first kappa shape index (κ1) is 37.0. The number of carboxylic acid groups (broad SMARTS) is 1. The van der Waals surface area contributed by atoms with Gasteiger partial charge in [-0.25, -0.2) is 9.67 Å². The molecule has 0 fully saturated rings. The number of carboxylic acids is 1. The summed E-state index contributed by atoms with van der Waals surface area (Å²) in [6.45, 7) is 0. The Morgan fingerprint density at radius 1 is 0.542 bits per heavy atom. The fourth-order valence-corrected chi connectivity index (χ4v) is 8.63. The van der Waals surface area contributed by atoms with Gasteiger partial charge < -0.3 is 10.4 Å². The molecule has 0 saturated carbocycles. The number of nitrogens with zero attached hydrogens (tertiary/aromatic N) is 4. The smallest absolute Gasteiger partial charge is 0.304 e. The van der Waals surface area contributed by atoms with Gasteiger partial charge in [-0.05, 0) is 50.6 Å². The van der Waals surface area contributed by atoms with E-state index in [0.717, 1.165) is 38.9 Å². The van der Waals surface area contributed by atoms with Crippen LogP contribution < -0.4 is 5.32 Å². The third-order valence-electron chi connectivity index (χ3n) is 11.2. The van der Waals surface area contributed by atoms with E-state index in [1.54, 1.807) is 0 Å². The van der Waals surface area contributed by atoms with Gasteiger partial charge in [0.2, 0.25) is 0 Å². The molecule has 1 atom stereocenters. The molecular weight excluding hydrogens is 727 g/mol. The van der Waals surface area contributed by atoms with Gasteiger partial charge in [0.15, 0.2) is 5.65 Å². The summed E-state index contributed by atoms with van der Waals surface area (Å²) in [6, 6.07) is 73.7. The van der Waals surface area contributed by atoms with E-state index in [4.69, 9.17) is 15.3 Å². The minimum Gasteiger partial charge on any atom is -0.481 e. The summed E-state index contributed by atoms with van der Waals surface area (Å²) in [5, 5.41) is 24.5. The summed E-state index contributed by atoms with van der Waals surface area (Å²) < 4.78 is 1.93. The molecular formula is C52H41N5O2. The average Bonchev–Trinajstić information content (AvgIpc) is 3.74. The van der Waals surface area contributed by atoms with E-state index in [2.05, 4.69) is 78.1 Å². The Balaban J connectivity index is 1.40. The van der Waals surface area contributed by atoms with E-state index in [0.29, 0.717) is 22.5 Å². The second-order valence-electron chi connectivity index (χ2n) is 14.6. The van der Waals surface area contributed by atoms with Crippen LogP contribution in [0.5, 0.6) is 0 Å². The minimum atomic E-state index is -1.04. The number of hydrogen-bond acceptors (Lipinski definition) is 5. The zero-order chi connectivity index (χ0) is 40.1. The molecule has 9 rings (SSSR count). The summed E-state index contributed by atoms with van der Waals surface area (Å²) in [6.07, 6.45) is -0.169. The summed E-state index contributed by atoms with van der Waals surface area (Å²) >= 11 is 0. The van der Waals surface area contributed by atoms with E-state index in [1.807, 2.05) is 150 Å². The van der Waals surface area contributed by atoms with Crippen LogP contribution in [-0.2, 0) is 15.9 Å². The van der Waals surface area contributed by atoms with Crippen LogP contribution in [0.3, 0.4) is 0 Å². The maximum atomic E-state index is 12.8. The van der Waals surface area contributed by atoms with E-state index >= 15 is 0 Å². The maximum Gasteiger partial charge on any atom is 0.304 e. The fourth-order valence-electron chi connectivity index (χ4n) is 8.63. The van der Waals surface area contributed by atoms with Gasteiger partial charge in [-0.2, -0.15) is 0 Å². The lowest BCUT2D eigenvalue weighted by Crippen LogP contribution is -2.39. The number of benzene rings is 7. The van der Waals surface area contributed by atoms with Crippen LogP contribution in [0.2, 0.25) is 0 Å². The summed E-state index contributed by atoms with van der Waals surface area (Å²) in [5.41, 5.74) is 6.50. The van der Waals surface area contributed by atoms with Crippen molar-refractivity contribution < 1.29 is 9.90 Å². The summed E-state index contributed by atoms with van der Waals surface area (Å²) in [5.74, 6) is -0.976. The molecule has 0 aliphatic rings. The van der Waals surface area contributed by atoms with Crippen molar-refractivity contribution >= 4 is 23.0 Å². The predicted octanol–water partition coefficient (Wildman–Crippen LogP) is 10.7. The highest BCUT2D eigenvalue weighted by Gasteiger charge is 2.43. The van der Waals surface area contributed by atoms with E-state index in [-0.39, 0.29) is 6.42 Å². The normalized spacial score (nSPS) is 12.2. The van der Waals surface area contributed by atoms with E-state index < -0.39 is 23.0 Å². The molecule has 1 unspecified atom stereocenters. The second kappa shape index (κ2) is 16.1. The minimum absolute atomic E-state index is 0.169. The fraction of sp³-hybridized carbons (Fsp3) is 0.0769. The SMILES string of the molecule is O=C(O)CC(c1ccccc1)c1cc(NC(c2ccccc2)(c2ccccc2)c2ccccc2)nc2c1nnn2C(c1ccccc1)(c1ccccc1)c1ccccc1. The molecule has 0 bridgehead atoms. The van der Waals surface area contributed by atoms with Gasteiger partial charge in [0.05, 0.1) is 6.42 Å². The first-order chi connectivity index (χ1) is 29.1. The molecule has 0 aliphatic carbocycles. The Hall–Kier alpha value is -7.64. The highest BCUT2D eigenvalue weighted by molar-refractivity contribution is 5.81. The van der Waals surface area contributed by atoms with Crippen molar-refractivity contribution in [2.24, 2.45) is 0 Å². The lowest BCUT2D eigenvalue weighted by molar-refractivity contribution is -0.137. The average molecular weight is 768 g/mol. The van der Waals surface area contributed by atoms with E-state index in [9.17, 15) is 9.90 Å². The molecule has 0 aliphatic heterocycles. The largest absolute Gasteiger partial charge is 0.481 e. The first-order valence-electron chi connectivity index (χ1n) is 19.7. The Labute approximate surface area is 343 Å². The Morgan fingerprint density at radius 3 is 1.31 bits per heavy atom. The molecule has 7 nitrogen and oxygen atoms in total. The van der Waals surface area contributed by atoms with Gasteiger partial charge in [0.1, 0.15) is 22.4 Å². The number of fused-ring (bicyclic) bond motifs is 1. The van der Waals surface area contributed by atoms with Crippen molar-refractivity contribution in [3.8, 4) is 0 Å². The second-order valence-corrected chi connectivity index (χ2v) is 14.6. The number of rotatable bonds is 13. The van der Waals surface area contributed by atoms with Gasteiger partial charge in [-0.15, -0.1) is 5.10 Å². The molecule has 0 spiro atoms. The molecule has 2 aromatic heterocycles. The van der Waals surface area contributed by atoms with Crippen LogP contribution in [0.1, 0.15) is 56.8 Å². The molecule has 0 radical (unpaired) electrons. The van der Waals surface area contributed by atoms with Crippen LogP contribution in [0.25, 0.3) is 11.2 Å². The van der Waals surface area contributed by atoms with Crippen molar-refractivity contribution in [1.29, 1.82) is 0 Å². The van der Waals surface area contributed by atoms with Gasteiger partial charge in [0.25, 0.3) is 0 Å². The monoisotopic (exact) mass is 767 g/mol. The third kappa shape index (κ3) is 6.72. The van der Waals surface area contributed by atoms with Crippen molar-refractivity contribution in [3.63, 3.8) is 0 Å². The number of pyridine rings is 1. The van der Waals surface area contributed by atoms with Gasteiger partial charge in [-0.3, -0.25) is 4.79 Å². The van der Waals surface area contributed by atoms with E-state index in [1.165, 1.54) is 0 Å². The third-order valence-corrected chi connectivity index (χ3v) is 11.2. The number of anilines is 1. The summed E-state index contributed by atoms with van der Waals surface area (Å²) in [7, 11) is 0. The number of aliphatic carboxylic acids is 1. The van der Waals surface area contributed by atoms with Crippen LogP contribution >= 0.6 is 0 Å². The molecule has 286 valence electrons. The van der Waals surface area contributed by atoms with Crippen molar-refractivity contribution in [1.82, 2.24) is 20.0 Å². The van der Waals surface area contributed by atoms with Crippen LogP contribution in [0.4, 0.5) is 5.82 Å². The van der Waals surface area contributed by atoms with Crippen molar-refractivity contribution in [3.05, 3.63) is 263 Å². The van der Waals surface area contributed by atoms with Gasteiger partial charge >= 0.3 is 5.97 Å². The Kier molecular flexibility index (Phi) is 10.1. The maximum absolute atomic E-state index is 12.8. The number of carbonyl (C=O) groups is 1. The zero-order valence-corrected chi connectivity index (χ0v) is 32.2. The molecule has 59 heavy (non-hydrogen) atoms. The number of aromatic nitrogens is 4. The van der Waals surface area contributed by atoms with Crippen molar-refractivity contribution in [2.75, 3.05) is 5.32 Å². The number of nitrogens with one attached hydrogen (secondary N) is 1. The van der Waals surface area contributed by atoms with Crippen LogP contribution in [0.15, 0.2) is 218 Å². The Morgan fingerprint density at radius 2 is 0.915 bits per heavy atom. The standard InChI is InChI=1S/C52H41N5O2/c58-48(59)37-45(38-22-8-1-9-23-38)46-36-47(54-51(39-24-10-2-11-25-39,40-26-12-3-13-27-40)41-28-14-4-15-29-41)53-50-49(46)55-56-57(50)52(42-30-16-5-17-31-42,43-32-18-6-19-33-43)44-34-20-7-21-35-44/h1-36,45H,37H2,(H,53,54)(H,58,59). The quantitative estimate of drug-likeness (QED) is 0.114. The highest BCUT2D eigenvalue weighted by atomic mass is 16.4. The molecule has 2 N–H and O–H groups in total. The van der Waals surface area contributed by atoms with Crippen LogP contribution in [-0.4, -0.2) is 31.1 Å². The lowest BCUT2D eigenvalue weighted by Gasteiger charge is -2.38. The molecule has 7 aromatic carbocycles. The molecule has 0 saturated heterocycles. The molecule has 7 heteroatoms. The number of hydrogen-bond donors (Lipinski definition) is 2. The molecule has 0 amide bonds. The first-order valence-corrected chi connectivity index (χ1v) is 19.7. The zero-order valence-electron chi connectivity index (χ0n) is 32.2. The topological polar surface area (TPSA) is 92.9 Å². The predicted molar refractivity (Wildman–Crippen MR) is 233 cm³/mol. The van der Waals surface area contributed by atoms with Gasteiger partial charge in [-0.1, -0.05) is 218 Å². The summed E-state index contributed by atoms with van der Waals surface area (Å²) in [4.78, 5) is 18.3. The van der Waals surface area contributed by atoms with Gasteiger partial charge in [0, 0.05) is 5.92 Å². The van der Waals surface area contributed by atoms with Crippen LogP contribution in [0, 0.1) is 0 Å². The highest BCUT2D eigenvalue weighted by Crippen LogP contribution is 2.45. The molecule has 2 heterocycles. The lowest BCUT2D eigenvalue weighted by atomic mass is 9.76. The van der Waals surface area contributed by atoms with Crippen molar-refractivity contribution in [2.45, 2.75) is 23.4 Å². The molecule has 9 aromatic rings.